The van der Waals surface area contributed by atoms with E-state index in [1.807, 2.05) is 0 Å². The molecule has 98 valence electrons. The van der Waals surface area contributed by atoms with Crippen LogP contribution in [0.3, 0.4) is 0 Å². The number of amidine groups is 1. The number of rotatable bonds is 4. The molecule has 2 heterocycles. The van der Waals surface area contributed by atoms with Crippen molar-refractivity contribution in [2.24, 2.45) is 10.9 Å². The molecule has 0 saturated carbocycles. The summed E-state index contributed by atoms with van der Waals surface area (Å²) in [5.41, 5.74) is 6.67. The van der Waals surface area contributed by atoms with Crippen LogP contribution in [0.1, 0.15) is 11.3 Å². The molecular weight excluding hydrogens is 312 g/mol. The van der Waals surface area contributed by atoms with Gasteiger partial charge in [-0.1, -0.05) is 11.2 Å². The van der Waals surface area contributed by atoms with Crippen molar-refractivity contribution in [3.63, 3.8) is 0 Å². The quantitative estimate of drug-likeness (QED) is 0.388. The third-order valence-corrected chi connectivity index (χ3v) is 2.75. The van der Waals surface area contributed by atoms with Gasteiger partial charge in [0.25, 0.3) is 0 Å². The first-order valence-electron chi connectivity index (χ1n) is 5.36. The molecule has 0 bridgehead atoms. The van der Waals surface area contributed by atoms with Crippen LogP contribution in [0.15, 0.2) is 46.4 Å². The van der Waals surface area contributed by atoms with Crippen molar-refractivity contribution in [2.45, 2.75) is 6.61 Å². The van der Waals surface area contributed by atoms with E-state index in [1.165, 1.54) is 0 Å². The third-order valence-electron chi connectivity index (χ3n) is 2.32. The molecule has 19 heavy (non-hydrogen) atoms. The summed E-state index contributed by atoms with van der Waals surface area (Å²) in [6.07, 6.45) is 4.83. The van der Waals surface area contributed by atoms with Gasteiger partial charge in [-0.05, 0) is 28.1 Å². The first kappa shape index (κ1) is 13.3. The lowest BCUT2D eigenvalue weighted by atomic mass is 10.2. The highest BCUT2D eigenvalue weighted by Crippen LogP contribution is 2.17. The molecular formula is C12H11BrN4O2. The van der Waals surface area contributed by atoms with E-state index in [0.717, 1.165) is 10.0 Å². The molecule has 0 fully saturated rings. The van der Waals surface area contributed by atoms with E-state index < -0.39 is 0 Å². The van der Waals surface area contributed by atoms with E-state index in [4.69, 9.17) is 15.7 Å². The second kappa shape index (κ2) is 6.14. The molecule has 0 radical (unpaired) electrons. The van der Waals surface area contributed by atoms with Gasteiger partial charge in [0, 0.05) is 22.4 Å². The van der Waals surface area contributed by atoms with Gasteiger partial charge in [0.2, 0.25) is 0 Å². The fourth-order valence-corrected chi connectivity index (χ4v) is 1.81. The number of aromatic nitrogens is 2. The standard InChI is InChI=1S/C12H11BrN4O2/c13-9-4-10(6-15-5-9)19-7-8-2-1-3-16-11(8)12(14)17-18/h1-6,18H,7H2,(H2,14,17). The molecule has 0 atom stereocenters. The van der Waals surface area contributed by atoms with E-state index >= 15 is 0 Å². The summed E-state index contributed by atoms with van der Waals surface area (Å²) in [5, 5.41) is 11.6. The number of halogens is 1. The van der Waals surface area contributed by atoms with Crippen molar-refractivity contribution in [2.75, 3.05) is 0 Å². The maximum absolute atomic E-state index is 8.70. The summed E-state index contributed by atoms with van der Waals surface area (Å²) >= 11 is 3.31. The number of nitrogens with two attached hydrogens (primary N) is 1. The largest absolute Gasteiger partial charge is 0.487 e. The Morgan fingerprint density at radius 2 is 2.32 bits per heavy atom. The molecule has 2 aromatic heterocycles. The van der Waals surface area contributed by atoms with Crippen LogP contribution in [0.25, 0.3) is 0 Å². The number of nitrogens with zero attached hydrogens (tertiary/aromatic N) is 3. The SMILES string of the molecule is NC(=NO)c1ncccc1COc1cncc(Br)c1. The molecule has 3 N–H and O–H groups in total. The van der Waals surface area contributed by atoms with Crippen molar-refractivity contribution in [3.8, 4) is 5.75 Å². The Morgan fingerprint density at radius 3 is 3.05 bits per heavy atom. The highest BCUT2D eigenvalue weighted by molar-refractivity contribution is 9.10. The highest BCUT2D eigenvalue weighted by atomic mass is 79.9. The van der Waals surface area contributed by atoms with Crippen LogP contribution in [0.4, 0.5) is 0 Å². The fraction of sp³-hybridized carbons (Fsp3) is 0.0833. The van der Waals surface area contributed by atoms with Gasteiger partial charge in [0.05, 0.1) is 6.20 Å². The zero-order valence-electron chi connectivity index (χ0n) is 9.82. The van der Waals surface area contributed by atoms with Crippen LogP contribution in [0, 0.1) is 0 Å². The zero-order chi connectivity index (χ0) is 13.7. The van der Waals surface area contributed by atoms with Crippen molar-refractivity contribution in [1.82, 2.24) is 9.97 Å². The summed E-state index contributed by atoms with van der Waals surface area (Å²) in [4.78, 5) is 8.05. The molecule has 0 aliphatic carbocycles. The lowest BCUT2D eigenvalue weighted by Gasteiger charge is -2.09. The molecule has 0 aliphatic rings. The Balaban J connectivity index is 2.16. The molecule has 6 nitrogen and oxygen atoms in total. The van der Waals surface area contributed by atoms with Crippen LogP contribution in [0.5, 0.6) is 5.75 Å². The Bertz CT molecular complexity index is 604. The minimum Gasteiger partial charge on any atom is -0.487 e. The normalized spacial score (nSPS) is 11.3. The van der Waals surface area contributed by atoms with Gasteiger partial charge in [0.1, 0.15) is 18.1 Å². The van der Waals surface area contributed by atoms with Gasteiger partial charge in [-0.2, -0.15) is 0 Å². The van der Waals surface area contributed by atoms with Gasteiger partial charge in [-0.3, -0.25) is 9.97 Å². The summed E-state index contributed by atoms with van der Waals surface area (Å²) in [6.45, 7) is 0.248. The van der Waals surface area contributed by atoms with E-state index in [9.17, 15) is 0 Å². The monoisotopic (exact) mass is 322 g/mol. The van der Waals surface area contributed by atoms with Crippen molar-refractivity contribution >= 4 is 21.8 Å². The number of hydrogen-bond acceptors (Lipinski definition) is 5. The first-order valence-corrected chi connectivity index (χ1v) is 6.15. The minimum absolute atomic E-state index is 0.0495. The number of pyridine rings is 2. The van der Waals surface area contributed by atoms with Gasteiger partial charge >= 0.3 is 0 Å². The second-order valence-corrected chi connectivity index (χ2v) is 4.54. The molecule has 7 heteroatoms. The molecule has 0 amide bonds. The lowest BCUT2D eigenvalue weighted by molar-refractivity contribution is 0.303. The van der Waals surface area contributed by atoms with Crippen LogP contribution >= 0.6 is 15.9 Å². The van der Waals surface area contributed by atoms with Crippen LogP contribution in [-0.4, -0.2) is 21.0 Å². The van der Waals surface area contributed by atoms with Crippen molar-refractivity contribution in [3.05, 3.63) is 52.5 Å². The topological polar surface area (TPSA) is 93.6 Å². The Kier molecular flexibility index (Phi) is 4.30. The van der Waals surface area contributed by atoms with E-state index in [1.54, 1.807) is 36.8 Å². The lowest BCUT2D eigenvalue weighted by Crippen LogP contribution is -2.18. The average Bonchev–Trinajstić information content (AvgIpc) is 2.45. The summed E-state index contributed by atoms with van der Waals surface area (Å²) in [7, 11) is 0. The van der Waals surface area contributed by atoms with Gasteiger partial charge in [0.15, 0.2) is 5.84 Å². The van der Waals surface area contributed by atoms with E-state index in [2.05, 4.69) is 31.1 Å². The molecule has 0 spiro atoms. The Labute approximate surface area is 118 Å². The molecule has 0 aromatic carbocycles. The van der Waals surface area contributed by atoms with E-state index in [0.29, 0.717) is 11.4 Å². The number of ether oxygens (including phenoxy) is 1. The first-order chi connectivity index (χ1) is 9.20. The van der Waals surface area contributed by atoms with Crippen molar-refractivity contribution in [1.29, 1.82) is 0 Å². The van der Waals surface area contributed by atoms with Crippen LogP contribution in [0.2, 0.25) is 0 Å². The smallest absolute Gasteiger partial charge is 0.189 e. The van der Waals surface area contributed by atoms with Gasteiger partial charge < -0.3 is 15.7 Å². The van der Waals surface area contributed by atoms with Crippen LogP contribution < -0.4 is 10.5 Å². The third kappa shape index (κ3) is 3.41. The van der Waals surface area contributed by atoms with E-state index in [-0.39, 0.29) is 12.4 Å². The molecule has 0 aliphatic heterocycles. The van der Waals surface area contributed by atoms with Gasteiger partial charge in [-0.15, -0.1) is 0 Å². The maximum Gasteiger partial charge on any atom is 0.189 e. The molecule has 2 aromatic rings. The summed E-state index contributed by atoms with van der Waals surface area (Å²) in [6, 6.07) is 5.35. The molecule has 0 unspecified atom stereocenters. The highest BCUT2D eigenvalue weighted by Gasteiger charge is 2.08. The summed E-state index contributed by atoms with van der Waals surface area (Å²) < 4.78 is 6.41. The Hall–Kier alpha value is -2.15. The van der Waals surface area contributed by atoms with Crippen LogP contribution in [-0.2, 0) is 6.61 Å². The Morgan fingerprint density at radius 1 is 1.47 bits per heavy atom. The predicted molar refractivity (Wildman–Crippen MR) is 73.0 cm³/mol. The predicted octanol–water partition coefficient (Wildman–Crippen LogP) is 1.91. The van der Waals surface area contributed by atoms with Crippen molar-refractivity contribution < 1.29 is 9.94 Å². The second-order valence-electron chi connectivity index (χ2n) is 3.62. The maximum atomic E-state index is 8.70. The zero-order valence-corrected chi connectivity index (χ0v) is 11.4. The molecule has 0 saturated heterocycles. The minimum atomic E-state index is -0.0495. The van der Waals surface area contributed by atoms with Gasteiger partial charge in [-0.25, -0.2) is 0 Å². The number of oxime groups is 1. The molecule has 2 rings (SSSR count). The summed E-state index contributed by atoms with van der Waals surface area (Å²) in [5.74, 6) is 0.565. The average molecular weight is 323 g/mol. The number of hydrogen-bond donors (Lipinski definition) is 2. The fourth-order valence-electron chi connectivity index (χ4n) is 1.47.